The lowest BCUT2D eigenvalue weighted by Gasteiger charge is -1.99. The molecule has 2 heterocycles. The molecule has 50 valence electrons. The van der Waals surface area contributed by atoms with Crippen molar-refractivity contribution in [1.29, 1.82) is 0 Å². The van der Waals surface area contributed by atoms with Crippen molar-refractivity contribution in [3.05, 3.63) is 21.9 Å². The van der Waals surface area contributed by atoms with Crippen LogP contribution in [-0.2, 0) is 0 Å². The molecule has 0 amide bonds. The third-order valence-electron chi connectivity index (χ3n) is 1.17. The topological polar surface area (TPSA) is 25.2 Å². The summed E-state index contributed by atoms with van der Waals surface area (Å²) < 4.78 is 3.46. The Morgan fingerprint density at radius 3 is 3.30 bits per heavy atom. The van der Waals surface area contributed by atoms with E-state index < -0.39 is 0 Å². The van der Waals surface area contributed by atoms with Crippen molar-refractivity contribution in [2.75, 3.05) is 0 Å². The molecule has 0 N–H and O–H groups in total. The Labute approximate surface area is 68.8 Å². The third-order valence-corrected chi connectivity index (χ3v) is 3.37. The number of pyridine rings is 1. The van der Waals surface area contributed by atoms with Crippen molar-refractivity contribution in [2.45, 2.75) is 0 Å². The van der Waals surface area contributed by atoms with E-state index in [4.69, 9.17) is 0 Å². The molecule has 1 aromatic rings. The molecule has 0 saturated heterocycles. The summed E-state index contributed by atoms with van der Waals surface area (Å²) in [6, 6.07) is 4.07. The van der Waals surface area contributed by atoms with Gasteiger partial charge in [0, 0.05) is 12.4 Å². The summed E-state index contributed by atoms with van der Waals surface area (Å²) in [5.74, 6) is 0.915. The Morgan fingerprint density at radius 1 is 1.40 bits per heavy atom. The van der Waals surface area contributed by atoms with E-state index in [0.29, 0.717) is 0 Å². The lowest BCUT2D eigenvalue weighted by atomic mass is 10.5. The first-order valence-electron chi connectivity index (χ1n) is 2.91. The minimum atomic E-state index is 0.0582. The molecule has 0 unspecified atom stereocenters. The average Bonchev–Trinajstić information content (AvgIpc) is 2.05. The second-order valence-electron chi connectivity index (χ2n) is 1.82. The van der Waals surface area contributed by atoms with Crippen LogP contribution in [0.3, 0.4) is 0 Å². The summed E-state index contributed by atoms with van der Waals surface area (Å²) in [5.41, 5.74) is 0. The Kier molecular flexibility index (Phi) is 1.58. The van der Waals surface area contributed by atoms with Crippen LogP contribution in [0.25, 0.3) is 0 Å². The molecule has 2 nitrogen and oxygen atoms in total. The number of aromatic nitrogens is 1. The molecule has 0 fully saturated rings. The van der Waals surface area contributed by atoms with Gasteiger partial charge in [0.1, 0.15) is 0 Å². The lowest BCUT2D eigenvalue weighted by molar-refractivity contribution is 1.26. The van der Waals surface area contributed by atoms with Crippen molar-refractivity contribution in [3.63, 3.8) is 0 Å². The summed E-state index contributed by atoms with van der Waals surface area (Å²) in [6.07, 6.45) is 3.63. The molecule has 0 radical (unpaired) electrons. The van der Waals surface area contributed by atoms with E-state index in [1.165, 1.54) is 3.57 Å². The van der Waals surface area contributed by atoms with Crippen LogP contribution in [0.1, 0.15) is 0 Å². The summed E-state index contributed by atoms with van der Waals surface area (Å²) in [4.78, 5) is 8.26. The number of halogens is 1. The molecule has 1 aliphatic heterocycles. The fourth-order valence-corrected chi connectivity index (χ4v) is 2.43. The fourth-order valence-electron chi connectivity index (χ4n) is 0.752. The predicted molar refractivity (Wildman–Crippen MR) is 51.2 cm³/mol. The van der Waals surface area contributed by atoms with Gasteiger partial charge < -0.3 is 0 Å². The van der Waals surface area contributed by atoms with Gasteiger partial charge in [-0.05, 0) is 16.1 Å². The maximum absolute atomic E-state index is 4.13. The van der Waals surface area contributed by atoms with Crippen molar-refractivity contribution in [2.24, 2.45) is 4.99 Å². The van der Waals surface area contributed by atoms with Gasteiger partial charge in [-0.25, -0.2) is 9.98 Å². The van der Waals surface area contributed by atoms with Crippen LogP contribution in [0.5, 0.6) is 0 Å². The van der Waals surface area contributed by atoms with Gasteiger partial charge in [-0.3, -0.25) is 0 Å². The highest BCUT2D eigenvalue weighted by atomic mass is 127. The fraction of sp³-hybridized carbons (Fsp3) is 0. The molecule has 1 aliphatic rings. The van der Waals surface area contributed by atoms with Crippen LogP contribution in [0.4, 0.5) is 5.82 Å². The third kappa shape index (κ3) is 1.01. The Hall–Kier alpha value is -0.580. The summed E-state index contributed by atoms with van der Waals surface area (Å²) in [5, 5.41) is 0. The Balaban J connectivity index is 2.65. The largest absolute Gasteiger partial charge is 0.236 e. The first-order valence-corrected chi connectivity index (χ1v) is 5.23. The van der Waals surface area contributed by atoms with E-state index in [-0.39, 0.29) is 20.7 Å². The molecule has 0 aromatic carbocycles. The standard InChI is InChI=1S/C7H5IN2/c1-2-6-7(9-4-1)10-5-3-8-6/h1-5H. The van der Waals surface area contributed by atoms with E-state index in [0.717, 1.165) is 5.82 Å². The zero-order chi connectivity index (χ0) is 6.81. The van der Waals surface area contributed by atoms with Crippen LogP contribution < -0.4 is 0 Å². The van der Waals surface area contributed by atoms with E-state index >= 15 is 0 Å². The van der Waals surface area contributed by atoms with Crippen molar-refractivity contribution >= 4 is 36.8 Å². The molecule has 0 atom stereocenters. The van der Waals surface area contributed by atoms with Gasteiger partial charge in [-0.2, -0.15) is 0 Å². The van der Waals surface area contributed by atoms with Gasteiger partial charge in [0.15, 0.2) is 5.82 Å². The highest BCUT2D eigenvalue weighted by Gasteiger charge is 1.98. The smallest absolute Gasteiger partial charge is 0.164 e. The number of fused-ring (bicyclic) bond motifs is 1. The molecule has 0 aliphatic carbocycles. The highest BCUT2D eigenvalue weighted by Crippen LogP contribution is 2.22. The van der Waals surface area contributed by atoms with Crippen LogP contribution in [-0.4, -0.2) is 15.2 Å². The van der Waals surface area contributed by atoms with Gasteiger partial charge in [-0.15, -0.1) is 0 Å². The van der Waals surface area contributed by atoms with Gasteiger partial charge in [0.2, 0.25) is 0 Å². The van der Waals surface area contributed by atoms with Gasteiger partial charge >= 0.3 is 0 Å². The number of rotatable bonds is 0. The molecule has 10 heavy (non-hydrogen) atoms. The van der Waals surface area contributed by atoms with Crippen LogP contribution >= 0.6 is 20.7 Å². The zero-order valence-corrected chi connectivity index (χ0v) is 7.32. The summed E-state index contributed by atoms with van der Waals surface area (Å²) >= 11 is 0.0582. The molecular formula is C7H5IN2. The Bertz CT molecular complexity index is 273. The second-order valence-corrected chi connectivity index (χ2v) is 4.33. The van der Waals surface area contributed by atoms with E-state index in [1.54, 1.807) is 6.20 Å². The van der Waals surface area contributed by atoms with Gasteiger partial charge in [0.25, 0.3) is 0 Å². The molecule has 2 rings (SSSR count). The zero-order valence-electron chi connectivity index (χ0n) is 5.16. The van der Waals surface area contributed by atoms with E-state index in [1.807, 2.05) is 12.3 Å². The van der Waals surface area contributed by atoms with Crippen LogP contribution in [0.15, 0.2) is 23.3 Å². The predicted octanol–water partition coefficient (Wildman–Crippen LogP) is 1.74. The SMILES string of the molecule is C1=Nc2ncccc2I=C1. The summed E-state index contributed by atoms with van der Waals surface area (Å²) in [7, 11) is 0. The molecule has 3 heteroatoms. The molecular weight excluding hydrogens is 239 g/mol. The van der Waals surface area contributed by atoms with Gasteiger partial charge in [0.05, 0.1) is 3.57 Å². The normalized spacial score (nSPS) is 14.0. The van der Waals surface area contributed by atoms with Crippen LogP contribution in [0, 0.1) is 3.57 Å². The monoisotopic (exact) mass is 244 g/mol. The number of nitrogens with zero attached hydrogens (tertiary/aromatic N) is 2. The van der Waals surface area contributed by atoms with E-state index in [9.17, 15) is 0 Å². The van der Waals surface area contributed by atoms with Crippen molar-refractivity contribution < 1.29 is 0 Å². The second kappa shape index (κ2) is 2.57. The van der Waals surface area contributed by atoms with Gasteiger partial charge in [-0.1, -0.05) is 20.7 Å². The minimum absolute atomic E-state index is 0.0582. The van der Waals surface area contributed by atoms with Crippen LogP contribution in [0.2, 0.25) is 0 Å². The summed E-state index contributed by atoms with van der Waals surface area (Å²) in [6.45, 7) is 0. The number of aliphatic imine (C=N–C) groups is 1. The Morgan fingerprint density at radius 2 is 2.40 bits per heavy atom. The lowest BCUT2D eigenvalue weighted by Crippen LogP contribution is -1.85. The first-order chi connectivity index (χ1) is 4.97. The highest BCUT2D eigenvalue weighted by molar-refractivity contribution is 14.2. The molecule has 0 bridgehead atoms. The first kappa shape index (κ1) is 6.15. The number of hydrogen-bond acceptors (Lipinski definition) is 2. The quantitative estimate of drug-likeness (QED) is 0.638. The molecule has 0 spiro atoms. The minimum Gasteiger partial charge on any atom is -0.236 e. The van der Waals surface area contributed by atoms with Crippen molar-refractivity contribution in [1.82, 2.24) is 4.98 Å². The van der Waals surface area contributed by atoms with Crippen molar-refractivity contribution in [3.8, 4) is 0 Å². The average molecular weight is 244 g/mol. The maximum Gasteiger partial charge on any atom is 0.164 e. The molecule has 1 aromatic heterocycles. The maximum atomic E-state index is 4.13. The number of hydrogen-bond donors (Lipinski definition) is 0. The van der Waals surface area contributed by atoms with E-state index in [2.05, 4.69) is 20.1 Å². The molecule has 0 saturated carbocycles.